The van der Waals surface area contributed by atoms with Crippen LogP contribution in [0.2, 0.25) is 0 Å². The van der Waals surface area contributed by atoms with E-state index in [2.05, 4.69) is 15.4 Å². The van der Waals surface area contributed by atoms with Crippen LogP contribution in [-0.2, 0) is 19.9 Å². The fourth-order valence-electron chi connectivity index (χ4n) is 5.78. The first-order valence-corrected chi connectivity index (χ1v) is 13.7. The van der Waals surface area contributed by atoms with Gasteiger partial charge in [0.25, 0.3) is 11.8 Å². The molecule has 43 heavy (non-hydrogen) atoms. The topological polar surface area (TPSA) is 127 Å². The fourth-order valence-corrected chi connectivity index (χ4v) is 5.78. The molecule has 0 aliphatic carbocycles. The lowest BCUT2D eigenvalue weighted by Crippen LogP contribution is -2.74. The van der Waals surface area contributed by atoms with Gasteiger partial charge in [0, 0.05) is 19.6 Å². The maximum Gasteiger partial charge on any atom is 0.573 e. The molecule has 14 heteroatoms. The summed E-state index contributed by atoms with van der Waals surface area (Å²) in [5.41, 5.74) is -2.68. The van der Waals surface area contributed by atoms with Crippen molar-refractivity contribution < 1.29 is 46.6 Å². The van der Waals surface area contributed by atoms with Gasteiger partial charge < -0.3 is 19.1 Å². The van der Waals surface area contributed by atoms with E-state index in [9.17, 15) is 32.3 Å². The highest BCUT2D eigenvalue weighted by Gasteiger charge is 2.59. The Morgan fingerprint density at radius 3 is 1.74 bits per heavy atom. The second kappa shape index (κ2) is 10.7. The summed E-state index contributed by atoms with van der Waals surface area (Å²) in [5, 5.41) is 4.43. The lowest BCUT2D eigenvalue weighted by atomic mass is 9.74. The molecule has 0 saturated carbocycles. The number of nitrogens with zero attached hydrogens (tertiary/aromatic N) is 2. The molecule has 1 spiro atoms. The van der Waals surface area contributed by atoms with E-state index < -0.39 is 52.7 Å². The van der Waals surface area contributed by atoms with Gasteiger partial charge in [-0.2, -0.15) is 0 Å². The van der Waals surface area contributed by atoms with Gasteiger partial charge in [-0.25, -0.2) is 9.59 Å². The minimum Gasteiger partial charge on any atom is -0.457 e. The molecular formula is C29H31F3N4O7. The molecular weight excluding hydrogens is 573 g/mol. The molecule has 230 valence electrons. The number of likely N-dealkylation sites (tertiary alicyclic amines) is 2. The third kappa shape index (κ3) is 5.96. The molecule has 0 radical (unpaired) electrons. The molecule has 0 unspecified atom stereocenters. The van der Waals surface area contributed by atoms with Crippen molar-refractivity contribution in [3.05, 3.63) is 54.1 Å². The molecule has 5 amide bonds. The van der Waals surface area contributed by atoms with E-state index in [1.807, 2.05) is 0 Å². The Morgan fingerprint density at radius 1 is 0.791 bits per heavy atom. The first-order chi connectivity index (χ1) is 20.1. The number of barbiturate groups is 1. The third-order valence-electron chi connectivity index (χ3n) is 7.83. The largest absolute Gasteiger partial charge is 0.573 e. The summed E-state index contributed by atoms with van der Waals surface area (Å²) < 4.78 is 52.4. The van der Waals surface area contributed by atoms with Gasteiger partial charge >= 0.3 is 18.5 Å². The molecule has 11 nitrogen and oxygen atoms in total. The van der Waals surface area contributed by atoms with Gasteiger partial charge in [0.15, 0.2) is 0 Å². The van der Waals surface area contributed by atoms with Crippen LogP contribution in [0.5, 0.6) is 17.2 Å². The molecule has 2 aromatic carbocycles. The first kappa shape index (κ1) is 30.1. The van der Waals surface area contributed by atoms with Crippen molar-refractivity contribution in [3.8, 4) is 17.2 Å². The third-order valence-corrected chi connectivity index (χ3v) is 7.83. The Balaban J connectivity index is 1.35. The van der Waals surface area contributed by atoms with Crippen LogP contribution >= 0.6 is 0 Å². The number of alkyl halides is 3. The molecule has 2 aromatic rings. The van der Waals surface area contributed by atoms with Crippen LogP contribution in [0, 0.1) is 0 Å². The van der Waals surface area contributed by atoms with E-state index in [0.29, 0.717) is 19.4 Å². The van der Waals surface area contributed by atoms with Crippen LogP contribution in [0.1, 0.15) is 45.6 Å². The maximum absolute atomic E-state index is 13.5. The number of imide groups is 2. The van der Waals surface area contributed by atoms with E-state index in [-0.39, 0.29) is 30.2 Å². The Hall–Kier alpha value is -4.33. The van der Waals surface area contributed by atoms with Crippen LogP contribution < -0.4 is 20.1 Å². The van der Waals surface area contributed by atoms with E-state index >= 15 is 0 Å². The van der Waals surface area contributed by atoms with Crippen LogP contribution in [0.15, 0.2) is 48.5 Å². The number of hydrogen-bond acceptors (Lipinski definition) is 8. The Bertz CT molecular complexity index is 1390. The molecule has 0 bridgehead atoms. The van der Waals surface area contributed by atoms with Gasteiger partial charge in [0.2, 0.25) is 5.54 Å². The van der Waals surface area contributed by atoms with Crippen molar-refractivity contribution in [2.75, 3.05) is 19.6 Å². The molecule has 3 aliphatic heterocycles. The monoisotopic (exact) mass is 604 g/mol. The van der Waals surface area contributed by atoms with Gasteiger partial charge in [-0.15, -0.1) is 13.2 Å². The lowest BCUT2D eigenvalue weighted by molar-refractivity contribution is -0.274. The molecule has 0 aromatic heterocycles. The Labute approximate surface area is 245 Å². The summed E-state index contributed by atoms with van der Waals surface area (Å²) in [6.07, 6.45) is -3.49. The molecule has 3 heterocycles. The number of carbonyl (C=O) groups is 4. The highest BCUT2D eigenvalue weighted by molar-refractivity contribution is 6.22. The number of urea groups is 1. The zero-order valence-corrected chi connectivity index (χ0v) is 23.7. The van der Waals surface area contributed by atoms with Crippen molar-refractivity contribution in [1.29, 1.82) is 0 Å². The minimum absolute atomic E-state index is 0.229. The Morgan fingerprint density at radius 2 is 1.28 bits per heavy atom. The molecule has 3 saturated heterocycles. The van der Waals surface area contributed by atoms with E-state index in [4.69, 9.17) is 9.47 Å². The average Bonchev–Trinajstić information content (AvgIpc) is 2.88. The summed E-state index contributed by atoms with van der Waals surface area (Å²) in [6.45, 7) is 6.49. The maximum atomic E-state index is 13.5. The highest BCUT2D eigenvalue weighted by atomic mass is 19.4. The summed E-state index contributed by atoms with van der Waals surface area (Å²) in [7, 11) is 0. The average molecular weight is 605 g/mol. The first-order valence-electron chi connectivity index (χ1n) is 13.7. The fraction of sp³-hybridized carbons (Fsp3) is 0.448. The number of carbonyl (C=O) groups excluding carboxylic acids is 4. The zero-order chi connectivity index (χ0) is 31.2. The molecule has 3 fully saturated rings. The van der Waals surface area contributed by atoms with Crippen LogP contribution in [0.25, 0.3) is 0 Å². The van der Waals surface area contributed by atoms with E-state index in [1.54, 1.807) is 30.6 Å². The van der Waals surface area contributed by atoms with Crippen LogP contribution in [0.4, 0.5) is 22.8 Å². The highest BCUT2D eigenvalue weighted by Crippen LogP contribution is 2.44. The number of amides is 5. The summed E-state index contributed by atoms with van der Waals surface area (Å²) in [5.74, 6) is -1.49. The van der Waals surface area contributed by atoms with Crippen molar-refractivity contribution in [1.82, 2.24) is 20.4 Å². The number of hydrogen-bond donors (Lipinski definition) is 2. The van der Waals surface area contributed by atoms with E-state index in [1.165, 1.54) is 36.4 Å². The van der Waals surface area contributed by atoms with Crippen LogP contribution in [0.3, 0.4) is 0 Å². The molecule has 2 N–H and O–H groups in total. The number of halogens is 3. The molecule has 0 atom stereocenters. The standard InChI is InChI=1S/C29H31F3N4O7/c1-26(2,3)43-25(40)36-17-14-27(36)12-15-35(16-13-27)28(22(37)33-24(39)34-23(28)38)18-4-6-19(7-5-18)41-20-8-10-21(11-9-20)42-29(30,31)32/h4-11H,12-17H2,1-3H3,(H2,33,34,37,38,39). The predicted octanol–water partition coefficient (Wildman–Crippen LogP) is 4.41. The van der Waals surface area contributed by atoms with Crippen molar-refractivity contribution in [2.45, 2.75) is 63.1 Å². The smallest absolute Gasteiger partial charge is 0.457 e. The summed E-state index contributed by atoms with van der Waals surface area (Å²) >= 11 is 0. The quantitative estimate of drug-likeness (QED) is 0.481. The van der Waals surface area contributed by atoms with Gasteiger partial charge in [-0.1, -0.05) is 12.1 Å². The minimum atomic E-state index is -4.82. The van der Waals surface area contributed by atoms with Crippen molar-refractivity contribution in [2.24, 2.45) is 0 Å². The van der Waals surface area contributed by atoms with E-state index in [0.717, 1.165) is 18.6 Å². The normalized spacial score (nSPS) is 20.1. The summed E-state index contributed by atoms with van der Waals surface area (Å²) in [6, 6.07) is 9.95. The Kier molecular flexibility index (Phi) is 7.53. The van der Waals surface area contributed by atoms with Crippen molar-refractivity contribution >= 4 is 23.9 Å². The number of piperidine rings is 1. The molecule has 3 aliphatic rings. The van der Waals surface area contributed by atoms with Gasteiger partial charge in [0.1, 0.15) is 22.8 Å². The number of rotatable bonds is 5. The predicted molar refractivity (Wildman–Crippen MR) is 144 cm³/mol. The van der Waals surface area contributed by atoms with Gasteiger partial charge in [-0.05, 0) is 82.0 Å². The number of benzene rings is 2. The number of nitrogens with one attached hydrogen (secondary N) is 2. The van der Waals surface area contributed by atoms with Crippen molar-refractivity contribution in [3.63, 3.8) is 0 Å². The lowest BCUT2D eigenvalue weighted by Gasteiger charge is -2.57. The second-order valence-electron chi connectivity index (χ2n) is 11.7. The molecule has 5 rings (SSSR count). The number of ether oxygens (including phenoxy) is 3. The summed E-state index contributed by atoms with van der Waals surface area (Å²) in [4.78, 5) is 55.2. The van der Waals surface area contributed by atoms with Gasteiger partial charge in [-0.3, -0.25) is 25.1 Å². The second-order valence-corrected chi connectivity index (χ2v) is 11.7. The van der Waals surface area contributed by atoms with Gasteiger partial charge in [0.05, 0.1) is 5.54 Å². The zero-order valence-electron chi connectivity index (χ0n) is 23.7. The van der Waals surface area contributed by atoms with Crippen LogP contribution in [-0.4, -0.2) is 70.9 Å². The SMILES string of the molecule is CC(C)(C)OC(=O)N1CCC12CCN(C1(c3ccc(Oc4ccc(OC(F)(F)F)cc4)cc3)C(=O)NC(=O)NC1=O)CC2.